The fourth-order valence-electron chi connectivity index (χ4n) is 0.455. The first-order valence-corrected chi connectivity index (χ1v) is 2.35. The Bertz CT molecular complexity index is 192. The molecule has 1 aromatic heterocycles. The molecule has 0 fully saturated rings. The number of rotatable bonds is 0. The van der Waals surface area contributed by atoms with Gasteiger partial charge in [0.2, 0.25) is 0 Å². The molecule has 0 saturated carbocycles. The van der Waals surface area contributed by atoms with Gasteiger partial charge in [-0.25, -0.2) is 10.6 Å². The van der Waals surface area contributed by atoms with Gasteiger partial charge in [0, 0.05) is 12.4 Å². The minimum Gasteiger partial charge on any atom is -0.274 e. The van der Waals surface area contributed by atoms with E-state index >= 15 is 0 Å². The van der Waals surface area contributed by atoms with E-state index in [0.717, 1.165) is 4.68 Å². The van der Waals surface area contributed by atoms with Crippen LogP contribution in [-0.4, -0.2) is 15.8 Å². The molecule has 0 unspecified atom stereocenters. The monoisotopic (exact) mass is 126 g/mol. The van der Waals surface area contributed by atoms with Crippen molar-refractivity contribution in [3.05, 3.63) is 18.5 Å². The molecule has 0 spiro atoms. The summed E-state index contributed by atoms with van der Waals surface area (Å²) >= 11 is 0. The van der Waals surface area contributed by atoms with Gasteiger partial charge in [-0.2, -0.15) is 9.78 Å². The van der Waals surface area contributed by atoms with Crippen LogP contribution in [0.15, 0.2) is 18.5 Å². The van der Waals surface area contributed by atoms with Gasteiger partial charge in [-0.3, -0.25) is 5.43 Å². The standard InChI is InChI=1S/C4H6N4O/c5-7-4(9)8-3-1-2-6-8/h1-3H,5H2,(H,7,9). The number of hydrazine groups is 1. The second-order valence-corrected chi connectivity index (χ2v) is 1.40. The molecule has 1 heterocycles. The molecule has 3 N–H and O–H groups in total. The Morgan fingerprint density at radius 3 is 3.00 bits per heavy atom. The average molecular weight is 126 g/mol. The largest absolute Gasteiger partial charge is 0.356 e. The van der Waals surface area contributed by atoms with Crippen molar-refractivity contribution in [2.75, 3.05) is 0 Å². The summed E-state index contributed by atoms with van der Waals surface area (Å²) in [5.74, 6) is 4.80. The van der Waals surface area contributed by atoms with E-state index in [0.29, 0.717) is 0 Å². The third-order valence-electron chi connectivity index (χ3n) is 0.836. The van der Waals surface area contributed by atoms with Crippen LogP contribution in [0.3, 0.4) is 0 Å². The van der Waals surface area contributed by atoms with Crippen molar-refractivity contribution in [1.29, 1.82) is 0 Å². The molecule has 0 radical (unpaired) electrons. The SMILES string of the molecule is NNC(=O)n1cccn1. The Morgan fingerprint density at radius 2 is 2.56 bits per heavy atom. The maximum atomic E-state index is 10.5. The maximum Gasteiger partial charge on any atom is 0.356 e. The topological polar surface area (TPSA) is 72.9 Å². The molecule has 0 aromatic carbocycles. The number of nitrogens with one attached hydrogen (secondary N) is 1. The van der Waals surface area contributed by atoms with Crippen LogP contribution in [0.25, 0.3) is 0 Å². The lowest BCUT2D eigenvalue weighted by atomic mass is 10.7. The molecule has 5 nitrogen and oxygen atoms in total. The number of nitrogen functional groups attached to an aromatic ring is 1. The smallest absolute Gasteiger partial charge is 0.274 e. The van der Waals surface area contributed by atoms with Crippen LogP contribution in [0.5, 0.6) is 0 Å². The van der Waals surface area contributed by atoms with Crippen LogP contribution in [0.1, 0.15) is 0 Å². The number of aromatic nitrogens is 2. The van der Waals surface area contributed by atoms with E-state index in [1.54, 1.807) is 6.07 Å². The summed E-state index contributed by atoms with van der Waals surface area (Å²) in [6.45, 7) is 0. The molecule has 5 heteroatoms. The quantitative estimate of drug-likeness (QED) is 0.274. The van der Waals surface area contributed by atoms with Gasteiger partial charge in [0.25, 0.3) is 0 Å². The summed E-state index contributed by atoms with van der Waals surface area (Å²) in [5, 5.41) is 3.61. The van der Waals surface area contributed by atoms with E-state index in [4.69, 9.17) is 5.84 Å². The van der Waals surface area contributed by atoms with Gasteiger partial charge in [0.05, 0.1) is 0 Å². The normalized spacial score (nSPS) is 9.00. The molecule has 1 aromatic rings. The first kappa shape index (κ1) is 5.77. The van der Waals surface area contributed by atoms with Gasteiger partial charge >= 0.3 is 6.03 Å². The number of nitrogens with two attached hydrogens (primary N) is 1. The number of carbonyl (C=O) groups is 1. The van der Waals surface area contributed by atoms with Crippen molar-refractivity contribution >= 4 is 6.03 Å². The summed E-state index contributed by atoms with van der Waals surface area (Å²) in [4.78, 5) is 10.5. The molecule has 0 aliphatic carbocycles. The molecule has 1 rings (SSSR count). The Morgan fingerprint density at radius 1 is 1.78 bits per heavy atom. The summed E-state index contributed by atoms with van der Waals surface area (Å²) in [7, 11) is 0. The van der Waals surface area contributed by atoms with E-state index in [9.17, 15) is 4.79 Å². The maximum absolute atomic E-state index is 10.5. The van der Waals surface area contributed by atoms with E-state index in [-0.39, 0.29) is 0 Å². The second-order valence-electron chi connectivity index (χ2n) is 1.40. The minimum absolute atomic E-state index is 0.444. The number of amides is 1. The van der Waals surface area contributed by atoms with Gasteiger partial charge in [0.1, 0.15) is 0 Å². The molecule has 9 heavy (non-hydrogen) atoms. The lowest BCUT2D eigenvalue weighted by Gasteiger charge is -1.94. The van der Waals surface area contributed by atoms with Crippen LogP contribution in [0.2, 0.25) is 0 Å². The fraction of sp³-hybridized carbons (Fsp3) is 0. The molecule has 48 valence electrons. The summed E-state index contributed by atoms with van der Waals surface area (Å²) < 4.78 is 1.10. The van der Waals surface area contributed by atoms with E-state index < -0.39 is 6.03 Å². The van der Waals surface area contributed by atoms with Gasteiger partial charge in [-0.15, -0.1) is 0 Å². The zero-order chi connectivity index (χ0) is 6.69. The van der Waals surface area contributed by atoms with E-state index in [1.807, 2.05) is 5.43 Å². The Balaban J connectivity index is 2.77. The predicted molar refractivity (Wildman–Crippen MR) is 30.3 cm³/mol. The zero-order valence-electron chi connectivity index (χ0n) is 4.61. The van der Waals surface area contributed by atoms with Crippen molar-refractivity contribution in [3.63, 3.8) is 0 Å². The zero-order valence-corrected chi connectivity index (χ0v) is 4.61. The lowest BCUT2D eigenvalue weighted by molar-refractivity contribution is 0.240. The Hall–Kier alpha value is -1.36. The molecule has 0 aliphatic rings. The highest BCUT2D eigenvalue weighted by Gasteiger charge is 1.97. The number of nitrogens with zero attached hydrogens (tertiary/aromatic N) is 2. The highest BCUT2D eigenvalue weighted by atomic mass is 16.2. The second kappa shape index (κ2) is 2.27. The molecule has 0 saturated heterocycles. The van der Waals surface area contributed by atoms with Crippen molar-refractivity contribution < 1.29 is 4.79 Å². The van der Waals surface area contributed by atoms with Crippen LogP contribution in [-0.2, 0) is 0 Å². The van der Waals surface area contributed by atoms with Gasteiger partial charge in [0.15, 0.2) is 0 Å². The van der Waals surface area contributed by atoms with Crippen LogP contribution >= 0.6 is 0 Å². The number of hydrogen-bond donors (Lipinski definition) is 2. The van der Waals surface area contributed by atoms with E-state index in [2.05, 4.69) is 5.10 Å². The van der Waals surface area contributed by atoms with Gasteiger partial charge < -0.3 is 0 Å². The summed E-state index contributed by atoms with van der Waals surface area (Å²) in [6.07, 6.45) is 3.00. The Labute approximate surface area is 51.4 Å². The highest BCUT2D eigenvalue weighted by Crippen LogP contribution is 1.80. The first-order valence-electron chi connectivity index (χ1n) is 2.35. The first-order chi connectivity index (χ1) is 4.34. The molecular weight excluding hydrogens is 120 g/mol. The average Bonchev–Trinajstić information content (AvgIpc) is 2.37. The van der Waals surface area contributed by atoms with Crippen molar-refractivity contribution in [2.24, 2.45) is 5.84 Å². The van der Waals surface area contributed by atoms with E-state index in [1.165, 1.54) is 12.4 Å². The third-order valence-corrected chi connectivity index (χ3v) is 0.836. The molecule has 1 amide bonds. The lowest BCUT2D eigenvalue weighted by Crippen LogP contribution is -2.34. The van der Waals surface area contributed by atoms with Crippen molar-refractivity contribution in [1.82, 2.24) is 15.2 Å². The Kier molecular flexibility index (Phi) is 1.46. The fourth-order valence-corrected chi connectivity index (χ4v) is 0.455. The predicted octanol–water partition coefficient (Wildman–Crippen LogP) is -0.686. The molecule has 0 aliphatic heterocycles. The van der Waals surface area contributed by atoms with Crippen molar-refractivity contribution in [3.8, 4) is 0 Å². The van der Waals surface area contributed by atoms with Crippen LogP contribution in [0.4, 0.5) is 4.79 Å². The number of hydrogen-bond acceptors (Lipinski definition) is 3. The molecule has 0 bridgehead atoms. The van der Waals surface area contributed by atoms with Gasteiger partial charge in [-0.1, -0.05) is 0 Å². The summed E-state index contributed by atoms with van der Waals surface area (Å²) in [6, 6.07) is 1.19. The summed E-state index contributed by atoms with van der Waals surface area (Å²) in [5.41, 5.74) is 1.93. The highest BCUT2D eigenvalue weighted by molar-refractivity contribution is 5.74. The van der Waals surface area contributed by atoms with Crippen LogP contribution in [0, 0.1) is 0 Å². The minimum atomic E-state index is -0.444. The van der Waals surface area contributed by atoms with Crippen LogP contribution < -0.4 is 11.3 Å². The van der Waals surface area contributed by atoms with Gasteiger partial charge in [-0.05, 0) is 6.07 Å². The van der Waals surface area contributed by atoms with Crippen molar-refractivity contribution in [2.45, 2.75) is 0 Å². The number of carbonyl (C=O) groups excluding carboxylic acids is 1. The molecular formula is C4H6N4O. The molecule has 0 atom stereocenters. The third kappa shape index (κ3) is 1.06.